The molecule has 0 bridgehead atoms. The van der Waals surface area contributed by atoms with Crippen molar-refractivity contribution < 1.29 is 9.53 Å². The predicted octanol–water partition coefficient (Wildman–Crippen LogP) is 2.72. The standard InChI is InChI=1S/C13H16O2/c1-8-4-9(2)13(10(3)5-8)15-12-6-11(14)7-12/h4-5,12H,6-7H2,1-3H3. The van der Waals surface area contributed by atoms with Crippen LogP contribution in [0, 0.1) is 20.8 Å². The molecular formula is C13H16O2. The molecule has 0 N–H and O–H groups in total. The molecule has 1 saturated carbocycles. The number of rotatable bonds is 2. The molecule has 0 amide bonds. The Hall–Kier alpha value is -1.31. The molecule has 0 spiro atoms. The molecule has 0 unspecified atom stereocenters. The second-order valence-corrected chi connectivity index (χ2v) is 4.41. The highest BCUT2D eigenvalue weighted by molar-refractivity contribution is 5.85. The highest BCUT2D eigenvalue weighted by Gasteiger charge is 2.28. The van der Waals surface area contributed by atoms with Crippen LogP contribution in [0.3, 0.4) is 0 Å². The van der Waals surface area contributed by atoms with Crippen LogP contribution in [0.5, 0.6) is 5.75 Å². The van der Waals surface area contributed by atoms with Gasteiger partial charge in [-0.15, -0.1) is 0 Å². The van der Waals surface area contributed by atoms with E-state index >= 15 is 0 Å². The summed E-state index contributed by atoms with van der Waals surface area (Å²) < 4.78 is 5.82. The number of Topliss-reactive ketones (excluding diaryl/α,β-unsaturated/α-hetero) is 1. The Bertz CT molecular complexity index is 376. The smallest absolute Gasteiger partial charge is 0.140 e. The summed E-state index contributed by atoms with van der Waals surface area (Å²) in [7, 11) is 0. The van der Waals surface area contributed by atoms with Gasteiger partial charge >= 0.3 is 0 Å². The van der Waals surface area contributed by atoms with Gasteiger partial charge in [0.1, 0.15) is 17.6 Å². The zero-order valence-corrected chi connectivity index (χ0v) is 9.46. The molecule has 0 heterocycles. The molecule has 0 aliphatic heterocycles. The van der Waals surface area contributed by atoms with Crippen molar-refractivity contribution in [3.8, 4) is 5.75 Å². The minimum atomic E-state index is 0.109. The van der Waals surface area contributed by atoms with Crippen molar-refractivity contribution in [2.24, 2.45) is 0 Å². The Balaban J connectivity index is 2.17. The Labute approximate surface area is 90.3 Å². The van der Waals surface area contributed by atoms with Crippen molar-refractivity contribution in [1.29, 1.82) is 0 Å². The lowest BCUT2D eigenvalue weighted by molar-refractivity contribution is -0.129. The van der Waals surface area contributed by atoms with Crippen LogP contribution < -0.4 is 4.74 Å². The van der Waals surface area contributed by atoms with Gasteiger partial charge in [0.2, 0.25) is 0 Å². The van der Waals surface area contributed by atoms with Gasteiger partial charge < -0.3 is 4.74 Å². The molecule has 1 aromatic carbocycles. The lowest BCUT2D eigenvalue weighted by atomic mass is 9.94. The van der Waals surface area contributed by atoms with Gasteiger partial charge in [-0.2, -0.15) is 0 Å². The van der Waals surface area contributed by atoms with Crippen molar-refractivity contribution >= 4 is 5.78 Å². The molecule has 0 atom stereocenters. The predicted molar refractivity (Wildman–Crippen MR) is 59.3 cm³/mol. The Morgan fingerprint density at radius 3 is 2.13 bits per heavy atom. The first kappa shape index (κ1) is 10.2. The maximum Gasteiger partial charge on any atom is 0.140 e. The van der Waals surface area contributed by atoms with E-state index in [0.717, 1.165) is 16.9 Å². The summed E-state index contributed by atoms with van der Waals surface area (Å²) >= 11 is 0. The van der Waals surface area contributed by atoms with Gasteiger partial charge in [0.05, 0.1) is 0 Å². The molecule has 0 radical (unpaired) electrons. The first-order chi connectivity index (χ1) is 7.06. The number of aryl methyl sites for hydroxylation is 3. The van der Waals surface area contributed by atoms with Crippen LogP contribution in [0.15, 0.2) is 12.1 Å². The number of hydrogen-bond donors (Lipinski definition) is 0. The normalized spacial score (nSPS) is 16.3. The third-order valence-corrected chi connectivity index (χ3v) is 2.80. The van der Waals surface area contributed by atoms with E-state index in [1.807, 2.05) is 0 Å². The third kappa shape index (κ3) is 2.04. The zero-order chi connectivity index (χ0) is 11.0. The summed E-state index contributed by atoms with van der Waals surface area (Å²) in [4.78, 5) is 10.8. The van der Waals surface area contributed by atoms with E-state index in [9.17, 15) is 4.79 Å². The second-order valence-electron chi connectivity index (χ2n) is 4.41. The van der Waals surface area contributed by atoms with Gasteiger partial charge in [0.25, 0.3) is 0 Å². The molecule has 2 nitrogen and oxygen atoms in total. The van der Waals surface area contributed by atoms with Crippen molar-refractivity contribution in [3.05, 3.63) is 28.8 Å². The van der Waals surface area contributed by atoms with Gasteiger partial charge in [-0.3, -0.25) is 4.79 Å². The number of carbonyl (C=O) groups excluding carboxylic acids is 1. The largest absolute Gasteiger partial charge is 0.489 e. The average Bonchev–Trinajstić information content (AvgIpc) is 2.07. The summed E-state index contributed by atoms with van der Waals surface area (Å²) in [6.45, 7) is 6.18. The van der Waals surface area contributed by atoms with Crippen LogP contribution in [0.25, 0.3) is 0 Å². The van der Waals surface area contributed by atoms with Crippen molar-refractivity contribution in [2.75, 3.05) is 0 Å². The fraction of sp³-hybridized carbons (Fsp3) is 0.462. The number of benzene rings is 1. The van der Waals surface area contributed by atoms with Crippen molar-refractivity contribution in [2.45, 2.75) is 39.7 Å². The van der Waals surface area contributed by atoms with E-state index < -0.39 is 0 Å². The molecule has 15 heavy (non-hydrogen) atoms. The van der Waals surface area contributed by atoms with E-state index in [2.05, 4.69) is 32.9 Å². The Kier molecular flexibility index (Phi) is 2.51. The first-order valence-corrected chi connectivity index (χ1v) is 5.32. The minimum Gasteiger partial charge on any atom is -0.489 e. The third-order valence-electron chi connectivity index (χ3n) is 2.80. The van der Waals surface area contributed by atoms with Crippen LogP contribution in [-0.4, -0.2) is 11.9 Å². The van der Waals surface area contributed by atoms with E-state index in [1.54, 1.807) is 0 Å². The zero-order valence-electron chi connectivity index (χ0n) is 9.46. The summed E-state index contributed by atoms with van der Waals surface area (Å²) in [5.74, 6) is 1.26. The minimum absolute atomic E-state index is 0.109. The topological polar surface area (TPSA) is 26.3 Å². The van der Waals surface area contributed by atoms with Gasteiger partial charge in [-0.25, -0.2) is 0 Å². The molecule has 0 saturated heterocycles. The maximum absolute atomic E-state index is 10.8. The van der Waals surface area contributed by atoms with E-state index in [4.69, 9.17) is 4.74 Å². The molecular weight excluding hydrogens is 188 g/mol. The van der Waals surface area contributed by atoms with Crippen molar-refractivity contribution in [1.82, 2.24) is 0 Å². The van der Waals surface area contributed by atoms with Crippen LogP contribution in [0.4, 0.5) is 0 Å². The summed E-state index contributed by atoms with van der Waals surface area (Å²) in [5, 5.41) is 0. The van der Waals surface area contributed by atoms with Gasteiger partial charge in [0.15, 0.2) is 0 Å². The van der Waals surface area contributed by atoms with Crippen LogP contribution in [0.2, 0.25) is 0 Å². The first-order valence-electron chi connectivity index (χ1n) is 5.32. The SMILES string of the molecule is Cc1cc(C)c(OC2CC(=O)C2)c(C)c1. The fourth-order valence-electron chi connectivity index (χ4n) is 2.05. The number of hydrogen-bond acceptors (Lipinski definition) is 2. The molecule has 0 aromatic heterocycles. The quantitative estimate of drug-likeness (QED) is 0.740. The van der Waals surface area contributed by atoms with Crippen LogP contribution >= 0.6 is 0 Å². The van der Waals surface area contributed by atoms with Crippen molar-refractivity contribution in [3.63, 3.8) is 0 Å². The highest BCUT2D eigenvalue weighted by Crippen LogP contribution is 2.29. The van der Waals surface area contributed by atoms with Crippen LogP contribution in [-0.2, 0) is 4.79 Å². The Morgan fingerprint density at radius 1 is 1.13 bits per heavy atom. The number of carbonyl (C=O) groups is 1. The molecule has 2 heteroatoms. The van der Waals surface area contributed by atoms with Crippen LogP contribution in [0.1, 0.15) is 29.5 Å². The van der Waals surface area contributed by atoms with Gasteiger partial charge in [-0.05, 0) is 31.9 Å². The molecule has 1 aliphatic carbocycles. The van der Waals surface area contributed by atoms with E-state index in [0.29, 0.717) is 18.6 Å². The van der Waals surface area contributed by atoms with Gasteiger partial charge in [-0.1, -0.05) is 17.7 Å². The average molecular weight is 204 g/mol. The van der Waals surface area contributed by atoms with E-state index in [1.165, 1.54) is 5.56 Å². The fourth-order valence-corrected chi connectivity index (χ4v) is 2.05. The van der Waals surface area contributed by atoms with Gasteiger partial charge in [0, 0.05) is 12.8 Å². The highest BCUT2D eigenvalue weighted by atomic mass is 16.5. The molecule has 1 aliphatic rings. The summed E-state index contributed by atoms with van der Waals surface area (Å²) in [5.41, 5.74) is 3.57. The second kappa shape index (κ2) is 3.69. The number of ketones is 1. The monoisotopic (exact) mass is 204 g/mol. The molecule has 80 valence electrons. The summed E-state index contributed by atoms with van der Waals surface area (Å²) in [6.07, 6.45) is 1.26. The number of ether oxygens (including phenoxy) is 1. The van der Waals surface area contributed by atoms with E-state index in [-0.39, 0.29) is 6.10 Å². The summed E-state index contributed by atoms with van der Waals surface area (Å²) in [6, 6.07) is 4.23. The molecule has 1 aromatic rings. The lowest BCUT2D eigenvalue weighted by Gasteiger charge is -2.27. The Morgan fingerprint density at radius 2 is 1.67 bits per heavy atom. The lowest BCUT2D eigenvalue weighted by Crippen LogP contribution is -2.34. The maximum atomic E-state index is 10.8. The molecule has 2 rings (SSSR count). The molecule has 1 fully saturated rings.